The van der Waals surface area contributed by atoms with Gasteiger partial charge in [-0.1, -0.05) is 48.0 Å². The van der Waals surface area contributed by atoms with Crippen LogP contribution in [0.5, 0.6) is 0 Å². The van der Waals surface area contributed by atoms with Gasteiger partial charge >= 0.3 is 6.09 Å². The molecule has 35 heavy (non-hydrogen) atoms. The largest absolute Gasteiger partial charge is 0.444 e. The molecule has 1 saturated carbocycles. The number of para-hydroxylation sites is 1. The van der Waals surface area contributed by atoms with Crippen molar-refractivity contribution in [1.29, 1.82) is 0 Å². The minimum atomic E-state index is -0.884. The average molecular weight is 500 g/mol. The van der Waals surface area contributed by atoms with E-state index in [1.165, 1.54) is 0 Å². The zero-order valence-electron chi connectivity index (χ0n) is 21.0. The normalized spacial score (nSPS) is 14.5. The standard InChI is InChI=1S/C27H34ClN3O4/c1-17-10-6-7-14-20(17)24(25(33)30-23-18(2)11-8-15-21(23)28)31(19-12-9-13-19)22(32)16-29-26(34)35-27(3,4)5/h6-8,10-11,14-15,19,24H,9,12-13,16H2,1-5H3,(H,29,34)(H,30,33). The summed E-state index contributed by atoms with van der Waals surface area (Å²) in [5, 5.41) is 5.93. The molecule has 1 aliphatic rings. The second-order valence-electron chi connectivity index (χ2n) is 9.92. The van der Waals surface area contributed by atoms with Gasteiger partial charge in [-0.3, -0.25) is 9.59 Å². The molecule has 2 aromatic rings. The molecule has 188 valence electrons. The number of carbonyl (C=O) groups excluding carboxylic acids is 3. The van der Waals surface area contributed by atoms with Crippen LogP contribution in [-0.4, -0.2) is 41.0 Å². The molecule has 3 amide bonds. The average Bonchev–Trinajstić information content (AvgIpc) is 2.73. The van der Waals surface area contributed by atoms with Gasteiger partial charge in [0.15, 0.2) is 0 Å². The Bertz CT molecular complexity index is 1070. The van der Waals surface area contributed by atoms with Gasteiger partial charge in [0.1, 0.15) is 18.2 Å². The van der Waals surface area contributed by atoms with Gasteiger partial charge in [0.25, 0.3) is 5.91 Å². The van der Waals surface area contributed by atoms with Crippen molar-refractivity contribution in [2.45, 2.75) is 71.6 Å². The van der Waals surface area contributed by atoms with E-state index in [1.807, 2.05) is 50.2 Å². The Morgan fingerprint density at radius 2 is 1.71 bits per heavy atom. The highest BCUT2D eigenvalue weighted by molar-refractivity contribution is 6.34. The highest BCUT2D eigenvalue weighted by atomic mass is 35.5. The van der Waals surface area contributed by atoms with Crippen molar-refractivity contribution in [3.8, 4) is 0 Å². The lowest BCUT2D eigenvalue weighted by molar-refractivity contribution is -0.143. The van der Waals surface area contributed by atoms with Gasteiger partial charge in [-0.2, -0.15) is 0 Å². The van der Waals surface area contributed by atoms with Crippen LogP contribution >= 0.6 is 11.6 Å². The number of carbonyl (C=O) groups is 3. The number of rotatable bonds is 7. The van der Waals surface area contributed by atoms with Crippen LogP contribution in [0, 0.1) is 13.8 Å². The lowest BCUT2D eigenvalue weighted by Gasteiger charge is -2.42. The number of aryl methyl sites for hydroxylation is 2. The Labute approximate surface area is 212 Å². The van der Waals surface area contributed by atoms with E-state index >= 15 is 0 Å². The maximum Gasteiger partial charge on any atom is 0.408 e. The van der Waals surface area contributed by atoms with Crippen LogP contribution in [-0.2, 0) is 14.3 Å². The highest BCUT2D eigenvalue weighted by Crippen LogP contribution is 2.35. The maximum absolute atomic E-state index is 13.8. The molecule has 0 aromatic heterocycles. The SMILES string of the molecule is Cc1ccccc1C(C(=O)Nc1c(C)cccc1Cl)N(C(=O)CNC(=O)OC(C)(C)C)C1CCC1. The summed E-state index contributed by atoms with van der Waals surface area (Å²) in [5.41, 5.74) is 2.28. The molecular formula is C27H34ClN3O4. The maximum atomic E-state index is 13.8. The third-order valence-electron chi connectivity index (χ3n) is 6.02. The first-order valence-corrected chi connectivity index (χ1v) is 12.2. The van der Waals surface area contributed by atoms with Crippen LogP contribution in [0.4, 0.5) is 10.5 Å². The highest BCUT2D eigenvalue weighted by Gasteiger charge is 2.39. The molecule has 7 nitrogen and oxygen atoms in total. The monoisotopic (exact) mass is 499 g/mol. The zero-order chi connectivity index (χ0) is 25.8. The zero-order valence-corrected chi connectivity index (χ0v) is 21.7. The summed E-state index contributed by atoms with van der Waals surface area (Å²) in [7, 11) is 0. The third-order valence-corrected chi connectivity index (χ3v) is 6.33. The predicted molar refractivity (Wildman–Crippen MR) is 137 cm³/mol. The number of nitrogens with one attached hydrogen (secondary N) is 2. The Balaban J connectivity index is 1.94. The lowest BCUT2D eigenvalue weighted by Crippen LogP contribution is -2.53. The quantitative estimate of drug-likeness (QED) is 0.523. The van der Waals surface area contributed by atoms with Crippen LogP contribution in [0.2, 0.25) is 5.02 Å². The molecule has 0 bridgehead atoms. The predicted octanol–water partition coefficient (Wildman–Crippen LogP) is 5.54. The van der Waals surface area contributed by atoms with E-state index in [0.29, 0.717) is 10.7 Å². The van der Waals surface area contributed by atoms with Crippen LogP contribution in [0.15, 0.2) is 42.5 Å². The van der Waals surface area contributed by atoms with Gasteiger partial charge in [0.05, 0.1) is 10.7 Å². The van der Waals surface area contributed by atoms with E-state index in [0.717, 1.165) is 36.0 Å². The van der Waals surface area contributed by atoms with Crippen molar-refractivity contribution in [2.75, 3.05) is 11.9 Å². The van der Waals surface area contributed by atoms with Gasteiger partial charge in [0, 0.05) is 6.04 Å². The molecular weight excluding hydrogens is 466 g/mol. The minimum Gasteiger partial charge on any atom is -0.444 e. The molecule has 0 saturated heterocycles. The number of amides is 3. The number of alkyl carbamates (subject to hydrolysis) is 1. The summed E-state index contributed by atoms with van der Waals surface area (Å²) in [6.45, 7) is 8.77. The second-order valence-corrected chi connectivity index (χ2v) is 10.3. The third kappa shape index (κ3) is 6.75. The fraction of sp³-hybridized carbons (Fsp3) is 0.444. The molecule has 0 radical (unpaired) electrons. The van der Waals surface area contributed by atoms with Crippen LogP contribution in [0.1, 0.15) is 62.8 Å². The molecule has 1 atom stereocenters. The van der Waals surface area contributed by atoms with Gasteiger partial charge in [-0.05, 0) is 76.6 Å². The van der Waals surface area contributed by atoms with Crippen LogP contribution < -0.4 is 10.6 Å². The fourth-order valence-corrected chi connectivity index (χ4v) is 4.34. The minimum absolute atomic E-state index is 0.106. The molecule has 1 fully saturated rings. The van der Waals surface area contributed by atoms with Gasteiger partial charge in [-0.15, -0.1) is 0 Å². The van der Waals surface area contributed by atoms with Crippen LogP contribution in [0.3, 0.4) is 0 Å². The van der Waals surface area contributed by atoms with Crippen molar-refractivity contribution in [2.24, 2.45) is 0 Å². The first-order chi connectivity index (χ1) is 16.5. The van der Waals surface area contributed by atoms with Crippen molar-refractivity contribution in [3.05, 3.63) is 64.2 Å². The smallest absolute Gasteiger partial charge is 0.408 e. The van der Waals surface area contributed by atoms with E-state index in [1.54, 1.807) is 31.7 Å². The topological polar surface area (TPSA) is 87.7 Å². The van der Waals surface area contributed by atoms with E-state index in [2.05, 4.69) is 10.6 Å². The van der Waals surface area contributed by atoms with E-state index in [4.69, 9.17) is 16.3 Å². The van der Waals surface area contributed by atoms with E-state index < -0.39 is 17.7 Å². The fourth-order valence-electron chi connectivity index (χ4n) is 4.07. The van der Waals surface area contributed by atoms with Crippen LogP contribution in [0.25, 0.3) is 0 Å². The molecule has 0 aliphatic heterocycles. The van der Waals surface area contributed by atoms with E-state index in [-0.39, 0.29) is 24.4 Å². The molecule has 0 heterocycles. The molecule has 0 spiro atoms. The van der Waals surface area contributed by atoms with Crippen molar-refractivity contribution in [1.82, 2.24) is 10.2 Å². The van der Waals surface area contributed by atoms with Crippen molar-refractivity contribution in [3.63, 3.8) is 0 Å². The second kappa shape index (κ2) is 11.1. The van der Waals surface area contributed by atoms with E-state index in [9.17, 15) is 14.4 Å². The van der Waals surface area contributed by atoms with Gasteiger partial charge < -0.3 is 20.3 Å². The molecule has 1 unspecified atom stereocenters. The van der Waals surface area contributed by atoms with Crippen molar-refractivity contribution < 1.29 is 19.1 Å². The number of halogens is 1. The van der Waals surface area contributed by atoms with Gasteiger partial charge in [-0.25, -0.2) is 4.79 Å². The Hall–Kier alpha value is -3.06. The number of nitrogens with zero attached hydrogens (tertiary/aromatic N) is 1. The molecule has 8 heteroatoms. The number of anilines is 1. The van der Waals surface area contributed by atoms with Crippen molar-refractivity contribution >= 4 is 35.2 Å². The summed E-state index contributed by atoms with van der Waals surface area (Å²) in [5.74, 6) is -0.701. The summed E-state index contributed by atoms with van der Waals surface area (Å²) in [6.07, 6.45) is 1.88. The summed E-state index contributed by atoms with van der Waals surface area (Å²) >= 11 is 6.38. The number of hydrogen-bond acceptors (Lipinski definition) is 4. The number of hydrogen-bond donors (Lipinski definition) is 2. The lowest BCUT2D eigenvalue weighted by atomic mass is 9.88. The van der Waals surface area contributed by atoms with Gasteiger partial charge in [0.2, 0.25) is 5.91 Å². The summed E-state index contributed by atoms with van der Waals surface area (Å²) in [6, 6.07) is 11.9. The Morgan fingerprint density at radius 1 is 1.06 bits per heavy atom. The summed E-state index contributed by atoms with van der Waals surface area (Å²) < 4.78 is 5.27. The Morgan fingerprint density at radius 3 is 2.29 bits per heavy atom. The molecule has 2 aromatic carbocycles. The summed E-state index contributed by atoms with van der Waals surface area (Å²) in [4.78, 5) is 41.1. The number of benzene rings is 2. The number of ether oxygens (including phenoxy) is 1. The molecule has 3 rings (SSSR count). The first kappa shape index (κ1) is 26.5. The molecule has 2 N–H and O–H groups in total. The Kier molecular flexibility index (Phi) is 8.43. The first-order valence-electron chi connectivity index (χ1n) is 11.9. The molecule has 1 aliphatic carbocycles.